The molecule has 0 aliphatic heterocycles. The number of nitrogens with zero attached hydrogens (tertiary/aromatic N) is 2. The van der Waals surface area contributed by atoms with Crippen molar-refractivity contribution in [2.75, 3.05) is 6.26 Å². The summed E-state index contributed by atoms with van der Waals surface area (Å²) < 4.78 is 22.7. The first-order valence-corrected chi connectivity index (χ1v) is 7.57. The SMILES string of the molecule is CSC(=Nc1ccc(C)c(S(N)(=O)=O)c1)NC#N. The highest BCUT2D eigenvalue weighted by molar-refractivity contribution is 8.13. The molecule has 0 spiro atoms. The van der Waals surface area contributed by atoms with Gasteiger partial charge in [-0.2, -0.15) is 5.26 Å². The molecule has 96 valence electrons. The zero-order valence-corrected chi connectivity index (χ0v) is 11.5. The molecule has 18 heavy (non-hydrogen) atoms. The van der Waals surface area contributed by atoms with Crippen LogP contribution in [0.4, 0.5) is 5.69 Å². The van der Waals surface area contributed by atoms with Crippen molar-refractivity contribution < 1.29 is 8.42 Å². The highest BCUT2D eigenvalue weighted by Crippen LogP contribution is 2.21. The van der Waals surface area contributed by atoms with Crippen molar-refractivity contribution in [3.63, 3.8) is 0 Å². The van der Waals surface area contributed by atoms with Crippen LogP contribution >= 0.6 is 11.8 Å². The van der Waals surface area contributed by atoms with Crippen LogP contribution in [-0.2, 0) is 10.0 Å². The molecular formula is C10H12N4O2S2. The number of nitriles is 1. The quantitative estimate of drug-likeness (QED) is 0.365. The third-order valence-corrected chi connectivity index (χ3v) is 3.70. The fraction of sp³-hybridized carbons (Fsp3) is 0.200. The van der Waals surface area contributed by atoms with E-state index in [1.807, 2.05) is 0 Å². The van der Waals surface area contributed by atoms with Crippen molar-refractivity contribution in [3.05, 3.63) is 23.8 Å². The van der Waals surface area contributed by atoms with Gasteiger partial charge in [0.15, 0.2) is 11.4 Å². The summed E-state index contributed by atoms with van der Waals surface area (Å²) in [5.74, 6) is 0. The van der Waals surface area contributed by atoms with Gasteiger partial charge < -0.3 is 0 Å². The third-order valence-electron chi connectivity index (χ3n) is 2.07. The molecule has 0 radical (unpaired) electrons. The van der Waals surface area contributed by atoms with Crippen LogP contribution in [0.3, 0.4) is 0 Å². The average Bonchev–Trinajstić information content (AvgIpc) is 2.29. The lowest BCUT2D eigenvalue weighted by Gasteiger charge is -2.05. The second-order valence-corrected chi connectivity index (χ2v) is 5.68. The van der Waals surface area contributed by atoms with Gasteiger partial charge in [0.25, 0.3) is 0 Å². The molecule has 0 atom stereocenters. The molecule has 1 aromatic carbocycles. The molecular weight excluding hydrogens is 272 g/mol. The highest BCUT2D eigenvalue weighted by Gasteiger charge is 2.12. The molecule has 6 nitrogen and oxygen atoms in total. The topological polar surface area (TPSA) is 108 Å². The van der Waals surface area contributed by atoms with E-state index in [1.165, 1.54) is 17.8 Å². The molecule has 0 saturated carbocycles. The number of hydrogen-bond donors (Lipinski definition) is 2. The number of aliphatic imine (C=N–C) groups is 1. The second kappa shape index (κ2) is 5.86. The lowest BCUT2D eigenvalue weighted by Crippen LogP contribution is -2.14. The van der Waals surface area contributed by atoms with Gasteiger partial charge in [0, 0.05) is 0 Å². The summed E-state index contributed by atoms with van der Waals surface area (Å²) in [4.78, 5) is 4.14. The van der Waals surface area contributed by atoms with Gasteiger partial charge in [0.1, 0.15) is 0 Å². The maximum atomic E-state index is 11.3. The predicted molar refractivity (Wildman–Crippen MR) is 71.9 cm³/mol. The first-order chi connectivity index (χ1) is 8.38. The molecule has 0 aromatic heterocycles. The van der Waals surface area contributed by atoms with Crippen molar-refractivity contribution in [1.82, 2.24) is 5.32 Å². The van der Waals surface area contributed by atoms with Crippen molar-refractivity contribution in [2.45, 2.75) is 11.8 Å². The molecule has 1 aromatic rings. The number of amidine groups is 1. The summed E-state index contributed by atoms with van der Waals surface area (Å²) in [5, 5.41) is 16.4. The molecule has 3 N–H and O–H groups in total. The van der Waals surface area contributed by atoms with Crippen molar-refractivity contribution >= 4 is 32.6 Å². The number of primary sulfonamides is 1. The summed E-state index contributed by atoms with van der Waals surface area (Å²) in [6.07, 6.45) is 3.50. The Morgan fingerprint density at radius 1 is 1.56 bits per heavy atom. The zero-order chi connectivity index (χ0) is 13.8. The normalized spacial score (nSPS) is 12.0. The number of hydrogen-bond acceptors (Lipinski definition) is 5. The van der Waals surface area contributed by atoms with E-state index in [-0.39, 0.29) is 4.90 Å². The van der Waals surface area contributed by atoms with E-state index in [0.29, 0.717) is 16.4 Å². The monoisotopic (exact) mass is 284 g/mol. The number of nitrogens with one attached hydrogen (secondary N) is 1. The van der Waals surface area contributed by atoms with Crippen LogP contribution in [-0.4, -0.2) is 19.8 Å². The number of benzene rings is 1. The van der Waals surface area contributed by atoms with E-state index in [4.69, 9.17) is 10.4 Å². The summed E-state index contributed by atoms with van der Waals surface area (Å²) >= 11 is 1.24. The van der Waals surface area contributed by atoms with Crippen molar-refractivity contribution in [2.24, 2.45) is 10.1 Å². The Balaban J connectivity index is 3.26. The minimum absolute atomic E-state index is 0.0289. The Morgan fingerprint density at radius 3 is 2.72 bits per heavy atom. The van der Waals surface area contributed by atoms with Crippen LogP contribution < -0.4 is 10.5 Å². The summed E-state index contributed by atoms with van der Waals surface area (Å²) in [7, 11) is -3.77. The van der Waals surface area contributed by atoms with Crippen LogP contribution in [0.5, 0.6) is 0 Å². The maximum Gasteiger partial charge on any atom is 0.238 e. The van der Waals surface area contributed by atoms with Gasteiger partial charge in [0.2, 0.25) is 10.0 Å². The Bertz CT molecular complexity index is 617. The predicted octanol–water partition coefficient (Wildman–Crippen LogP) is 1.06. The molecule has 0 heterocycles. The standard InChI is InChI=1S/C10H12N4O2S2/c1-7-3-4-8(5-9(7)18(12,15)16)14-10(17-2)13-6-11/h3-5H,1-2H3,(H,13,14)(H2,12,15,16). The number of aryl methyl sites for hydroxylation is 1. The summed E-state index contributed by atoms with van der Waals surface area (Å²) in [6, 6.07) is 4.64. The van der Waals surface area contributed by atoms with Gasteiger partial charge in [0.05, 0.1) is 10.6 Å². The highest BCUT2D eigenvalue weighted by atomic mass is 32.2. The largest absolute Gasteiger partial charge is 0.271 e. The van der Waals surface area contributed by atoms with Gasteiger partial charge in [-0.15, -0.1) is 0 Å². The average molecular weight is 284 g/mol. The van der Waals surface area contributed by atoms with Crippen molar-refractivity contribution in [3.8, 4) is 6.19 Å². The van der Waals surface area contributed by atoms with Gasteiger partial charge in [-0.3, -0.25) is 5.32 Å². The zero-order valence-electron chi connectivity index (χ0n) is 9.84. The van der Waals surface area contributed by atoms with Gasteiger partial charge in [-0.05, 0) is 30.9 Å². The minimum Gasteiger partial charge on any atom is -0.271 e. The van der Waals surface area contributed by atoms with Gasteiger partial charge >= 0.3 is 0 Å². The van der Waals surface area contributed by atoms with Gasteiger partial charge in [-0.1, -0.05) is 17.8 Å². The molecule has 0 unspecified atom stereocenters. The summed E-state index contributed by atoms with van der Waals surface area (Å²) in [6.45, 7) is 1.65. The fourth-order valence-electron chi connectivity index (χ4n) is 1.25. The lowest BCUT2D eigenvalue weighted by atomic mass is 10.2. The van der Waals surface area contributed by atoms with E-state index in [9.17, 15) is 8.42 Å². The fourth-order valence-corrected chi connectivity index (χ4v) is 2.40. The molecule has 8 heteroatoms. The number of thioether (sulfide) groups is 1. The van der Waals surface area contributed by atoms with E-state index in [1.54, 1.807) is 31.5 Å². The maximum absolute atomic E-state index is 11.3. The van der Waals surface area contributed by atoms with Crippen LogP contribution in [0.25, 0.3) is 0 Å². The molecule has 0 saturated heterocycles. The molecule has 1 rings (SSSR count). The summed E-state index contributed by atoms with van der Waals surface area (Å²) in [5.41, 5.74) is 0.965. The minimum atomic E-state index is -3.77. The Kier molecular flexibility index (Phi) is 4.72. The Labute approximate surface area is 110 Å². The number of sulfonamides is 1. The van der Waals surface area contributed by atoms with Crippen LogP contribution in [0.2, 0.25) is 0 Å². The van der Waals surface area contributed by atoms with E-state index in [2.05, 4.69) is 10.3 Å². The first kappa shape index (κ1) is 14.5. The Morgan fingerprint density at radius 2 is 2.22 bits per heavy atom. The number of nitrogens with two attached hydrogens (primary N) is 1. The van der Waals surface area contributed by atoms with E-state index >= 15 is 0 Å². The van der Waals surface area contributed by atoms with E-state index < -0.39 is 10.0 Å². The molecule has 0 bridgehead atoms. The van der Waals surface area contributed by atoms with Crippen LogP contribution in [0.15, 0.2) is 28.1 Å². The lowest BCUT2D eigenvalue weighted by molar-refractivity contribution is 0.597. The molecule has 0 aliphatic carbocycles. The van der Waals surface area contributed by atoms with Crippen molar-refractivity contribution in [1.29, 1.82) is 5.26 Å². The first-order valence-electron chi connectivity index (χ1n) is 4.79. The molecule has 0 aliphatic rings. The smallest absolute Gasteiger partial charge is 0.238 e. The Hall–Kier alpha value is -1.56. The van der Waals surface area contributed by atoms with Crippen LogP contribution in [0, 0.1) is 18.4 Å². The molecule has 0 amide bonds. The van der Waals surface area contributed by atoms with Gasteiger partial charge in [-0.25, -0.2) is 18.5 Å². The third kappa shape index (κ3) is 3.73. The van der Waals surface area contributed by atoms with E-state index in [0.717, 1.165) is 0 Å². The second-order valence-electron chi connectivity index (χ2n) is 3.35. The molecule has 0 fully saturated rings. The van der Waals surface area contributed by atoms with Crippen LogP contribution in [0.1, 0.15) is 5.56 Å². The number of rotatable bonds is 2.